The highest BCUT2D eigenvalue weighted by atomic mass is 15.3. The van der Waals surface area contributed by atoms with Gasteiger partial charge >= 0.3 is 0 Å². The lowest BCUT2D eigenvalue weighted by molar-refractivity contribution is 0.315. The van der Waals surface area contributed by atoms with Crippen LogP contribution in [0.5, 0.6) is 0 Å². The van der Waals surface area contributed by atoms with E-state index < -0.39 is 0 Å². The van der Waals surface area contributed by atoms with Crippen molar-refractivity contribution in [2.45, 2.75) is 34.2 Å². The van der Waals surface area contributed by atoms with Gasteiger partial charge in [0.15, 0.2) is 0 Å². The van der Waals surface area contributed by atoms with Crippen LogP contribution in [0.15, 0.2) is 0 Å². The predicted molar refractivity (Wildman–Crippen MR) is 73.3 cm³/mol. The number of nitrogens with two attached hydrogens (primary N) is 1. The average molecular weight is 239 g/mol. The Morgan fingerprint density at radius 3 is 2.47 bits per heavy atom. The number of aryl methyl sites for hydroxylation is 2. The van der Waals surface area contributed by atoms with E-state index in [2.05, 4.69) is 36.1 Å². The number of aromatic nitrogens is 2. The van der Waals surface area contributed by atoms with Gasteiger partial charge in [-0.05, 0) is 26.9 Å². The number of nitrogens with zero attached hydrogens (tertiary/aromatic N) is 3. The summed E-state index contributed by atoms with van der Waals surface area (Å²) in [6.45, 7) is 13.3. The van der Waals surface area contributed by atoms with Crippen molar-refractivity contribution in [1.29, 1.82) is 0 Å². The lowest BCUT2D eigenvalue weighted by atomic mass is 10.4. The van der Waals surface area contributed by atoms with Crippen LogP contribution >= 0.6 is 0 Å². The Balaban J connectivity index is 2.56. The Bertz CT molecular complexity index is 341. The number of nitrogens with one attached hydrogen (secondary N) is 1. The van der Waals surface area contributed by atoms with Crippen molar-refractivity contribution < 1.29 is 0 Å². The zero-order valence-electron chi connectivity index (χ0n) is 11.5. The first-order chi connectivity index (χ1) is 8.13. The average Bonchev–Trinajstić information content (AvgIpc) is 2.62. The van der Waals surface area contributed by atoms with E-state index in [1.807, 2.05) is 11.6 Å². The number of nitrogen functional groups attached to an aromatic ring is 1. The van der Waals surface area contributed by atoms with E-state index in [9.17, 15) is 0 Å². The molecule has 5 heteroatoms. The van der Waals surface area contributed by atoms with Crippen LogP contribution in [0.1, 0.15) is 26.5 Å². The number of hydrogen-bond acceptors (Lipinski definition) is 4. The largest absolute Gasteiger partial charge is 0.394 e. The van der Waals surface area contributed by atoms with E-state index >= 15 is 0 Å². The highest BCUT2D eigenvalue weighted by Crippen LogP contribution is 2.21. The van der Waals surface area contributed by atoms with Crippen molar-refractivity contribution in [2.75, 3.05) is 37.2 Å². The van der Waals surface area contributed by atoms with Crippen LogP contribution in [0, 0.1) is 6.92 Å². The fourth-order valence-electron chi connectivity index (χ4n) is 1.88. The molecule has 17 heavy (non-hydrogen) atoms. The Labute approximate surface area is 104 Å². The van der Waals surface area contributed by atoms with Gasteiger partial charge in [0.05, 0.1) is 11.4 Å². The van der Waals surface area contributed by atoms with Crippen molar-refractivity contribution in [1.82, 2.24) is 14.7 Å². The molecule has 5 nitrogen and oxygen atoms in total. The zero-order valence-corrected chi connectivity index (χ0v) is 11.5. The Kier molecular flexibility index (Phi) is 5.28. The van der Waals surface area contributed by atoms with Crippen LogP contribution < -0.4 is 11.1 Å². The second-order valence-corrected chi connectivity index (χ2v) is 4.12. The molecule has 1 heterocycles. The molecule has 1 aromatic heterocycles. The van der Waals surface area contributed by atoms with Gasteiger partial charge in [-0.3, -0.25) is 0 Å². The Morgan fingerprint density at radius 1 is 1.29 bits per heavy atom. The Hall–Kier alpha value is -1.23. The minimum atomic E-state index is 0.770. The molecule has 0 spiro atoms. The molecule has 0 fully saturated rings. The molecule has 0 aliphatic carbocycles. The zero-order chi connectivity index (χ0) is 12.8. The van der Waals surface area contributed by atoms with Crippen molar-refractivity contribution in [3.05, 3.63) is 5.69 Å². The second-order valence-electron chi connectivity index (χ2n) is 4.12. The molecule has 0 atom stereocenters. The molecular weight excluding hydrogens is 214 g/mol. The van der Waals surface area contributed by atoms with Gasteiger partial charge in [0.25, 0.3) is 0 Å². The smallest absolute Gasteiger partial charge is 0.148 e. The van der Waals surface area contributed by atoms with E-state index in [-0.39, 0.29) is 0 Å². The van der Waals surface area contributed by atoms with E-state index in [0.29, 0.717) is 0 Å². The number of rotatable bonds is 7. The fraction of sp³-hybridized carbons (Fsp3) is 0.750. The van der Waals surface area contributed by atoms with Crippen molar-refractivity contribution in [2.24, 2.45) is 0 Å². The van der Waals surface area contributed by atoms with Gasteiger partial charge < -0.3 is 16.0 Å². The van der Waals surface area contributed by atoms with E-state index in [0.717, 1.165) is 49.9 Å². The highest BCUT2D eigenvalue weighted by Gasteiger charge is 2.10. The summed E-state index contributed by atoms with van der Waals surface area (Å²) in [6.07, 6.45) is 0. The Morgan fingerprint density at radius 2 is 1.94 bits per heavy atom. The van der Waals surface area contributed by atoms with Crippen molar-refractivity contribution >= 4 is 11.5 Å². The summed E-state index contributed by atoms with van der Waals surface area (Å²) in [5.41, 5.74) is 7.67. The van der Waals surface area contributed by atoms with Crippen LogP contribution in [-0.2, 0) is 6.54 Å². The lowest BCUT2D eigenvalue weighted by Crippen LogP contribution is -2.29. The van der Waals surface area contributed by atoms with Crippen molar-refractivity contribution in [3.63, 3.8) is 0 Å². The minimum Gasteiger partial charge on any atom is -0.394 e. The molecule has 0 saturated heterocycles. The maximum atomic E-state index is 6.00. The van der Waals surface area contributed by atoms with Gasteiger partial charge in [0.1, 0.15) is 5.82 Å². The third kappa shape index (κ3) is 3.36. The molecule has 1 rings (SSSR count). The molecule has 0 bridgehead atoms. The van der Waals surface area contributed by atoms with Crippen molar-refractivity contribution in [3.8, 4) is 0 Å². The van der Waals surface area contributed by atoms with Gasteiger partial charge in [0, 0.05) is 19.6 Å². The quantitative estimate of drug-likeness (QED) is 0.758. The van der Waals surface area contributed by atoms with Crippen LogP contribution in [0.3, 0.4) is 0 Å². The van der Waals surface area contributed by atoms with Gasteiger partial charge in [-0.2, -0.15) is 5.10 Å². The van der Waals surface area contributed by atoms with Crippen LogP contribution in [0.25, 0.3) is 0 Å². The first kappa shape index (κ1) is 13.8. The molecule has 0 aromatic carbocycles. The van der Waals surface area contributed by atoms with Gasteiger partial charge in [-0.25, -0.2) is 4.68 Å². The summed E-state index contributed by atoms with van der Waals surface area (Å²) < 4.78 is 1.92. The molecule has 98 valence electrons. The lowest BCUT2D eigenvalue weighted by Gasteiger charge is -2.18. The molecular formula is C12H25N5. The molecule has 0 radical (unpaired) electrons. The third-order valence-corrected chi connectivity index (χ3v) is 3.09. The summed E-state index contributed by atoms with van der Waals surface area (Å²) in [5, 5.41) is 7.77. The molecule has 0 aliphatic heterocycles. The molecule has 3 N–H and O–H groups in total. The fourth-order valence-corrected chi connectivity index (χ4v) is 1.88. The SMILES string of the molecule is CCN(CC)CCNc1c(N)c(C)nn1CC. The molecule has 0 aliphatic rings. The third-order valence-electron chi connectivity index (χ3n) is 3.09. The van der Waals surface area contributed by atoms with Gasteiger partial charge in [-0.15, -0.1) is 0 Å². The number of hydrogen-bond donors (Lipinski definition) is 2. The summed E-state index contributed by atoms with van der Waals surface area (Å²) in [7, 11) is 0. The molecule has 0 unspecified atom stereocenters. The summed E-state index contributed by atoms with van der Waals surface area (Å²) in [5.74, 6) is 0.956. The van der Waals surface area contributed by atoms with Crippen LogP contribution in [0.4, 0.5) is 11.5 Å². The highest BCUT2D eigenvalue weighted by molar-refractivity contribution is 5.64. The van der Waals surface area contributed by atoms with E-state index in [4.69, 9.17) is 5.73 Å². The summed E-state index contributed by atoms with van der Waals surface area (Å²) in [4.78, 5) is 2.38. The summed E-state index contributed by atoms with van der Waals surface area (Å²) >= 11 is 0. The van der Waals surface area contributed by atoms with Crippen LogP contribution in [-0.4, -0.2) is 40.9 Å². The number of likely N-dealkylation sites (N-methyl/N-ethyl adjacent to an activating group) is 1. The maximum Gasteiger partial charge on any atom is 0.148 e. The predicted octanol–water partition coefficient (Wildman–Crippen LogP) is 1.55. The first-order valence-corrected chi connectivity index (χ1v) is 6.43. The topological polar surface area (TPSA) is 59.1 Å². The standard InChI is InChI=1S/C12H25N5/c1-5-16(6-2)9-8-14-12-11(13)10(4)15-17(12)7-3/h14H,5-9,13H2,1-4H3. The monoisotopic (exact) mass is 239 g/mol. The first-order valence-electron chi connectivity index (χ1n) is 6.43. The van der Waals surface area contributed by atoms with E-state index in [1.54, 1.807) is 0 Å². The number of anilines is 2. The normalized spacial score (nSPS) is 11.1. The van der Waals surface area contributed by atoms with Gasteiger partial charge in [-0.1, -0.05) is 13.8 Å². The van der Waals surface area contributed by atoms with E-state index in [1.165, 1.54) is 0 Å². The van der Waals surface area contributed by atoms with Crippen LogP contribution in [0.2, 0.25) is 0 Å². The molecule has 0 saturated carbocycles. The second kappa shape index (κ2) is 6.49. The summed E-state index contributed by atoms with van der Waals surface area (Å²) in [6, 6.07) is 0. The minimum absolute atomic E-state index is 0.770. The van der Waals surface area contributed by atoms with Gasteiger partial charge in [0.2, 0.25) is 0 Å². The maximum absolute atomic E-state index is 6.00. The molecule has 1 aromatic rings. The molecule has 0 amide bonds.